The lowest BCUT2D eigenvalue weighted by Crippen LogP contribution is -2.37. The lowest BCUT2D eigenvalue weighted by molar-refractivity contribution is 0.0680. The molecule has 2 atom stereocenters. The van der Waals surface area contributed by atoms with Gasteiger partial charge in [-0.1, -0.05) is 0 Å². The summed E-state index contributed by atoms with van der Waals surface area (Å²) >= 11 is 0. The number of hydrogen-bond donors (Lipinski definition) is 2. The minimum atomic E-state index is -0.158. The number of hydrogen-bond acceptors (Lipinski definition) is 4. The zero-order chi connectivity index (χ0) is 10.2. The largest absolute Gasteiger partial charge is 0.392 e. The average Bonchev–Trinajstić information content (AvgIpc) is 2.58. The first-order valence-electron chi connectivity index (χ1n) is 5.32. The van der Waals surface area contributed by atoms with Crippen LogP contribution in [0, 0.1) is 0 Å². The molecule has 0 aromatic carbocycles. The highest BCUT2D eigenvalue weighted by molar-refractivity contribution is 4.82. The van der Waals surface area contributed by atoms with Gasteiger partial charge in [-0.2, -0.15) is 0 Å². The molecular formula is C10H21NO3. The summed E-state index contributed by atoms with van der Waals surface area (Å²) in [5, 5.41) is 12.8. The molecule has 1 aliphatic carbocycles. The standard InChI is InChI=1S/C10H21NO3/c1-13-7-8-14-6-5-11-9-3-2-4-10(9)12/h9-12H,2-8H2,1H3. The molecule has 1 rings (SSSR count). The lowest BCUT2D eigenvalue weighted by atomic mass is 10.2. The zero-order valence-corrected chi connectivity index (χ0v) is 8.87. The van der Waals surface area contributed by atoms with Crippen molar-refractivity contribution in [3.8, 4) is 0 Å². The highest BCUT2D eigenvalue weighted by Gasteiger charge is 2.23. The van der Waals surface area contributed by atoms with Crippen LogP contribution in [0.4, 0.5) is 0 Å². The van der Waals surface area contributed by atoms with Crippen molar-refractivity contribution in [2.24, 2.45) is 0 Å². The quantitative estimate of drug-likeness (QED) is 0.578. The highest BCUT2D eigenvalue weighted by Crippen LogP contribution is 2.18. The van der Waals surface area contributed by atoms with Crippen molar-refractivity contribution in [2.45, 2.75) is 31.4 Å². The van der Waals surface area contributed by atoms with E-state index < -0.39 is 0 Å². The predicted molar refractivity (Wildman–Crippen MR) is 54.3 cm³/mol. The van der Waals surface area contributed by atoms with E-state index in [9.17, 15) is 5.11 Å². The second-order valence-corrected chi connectivity index (χ2v) is 3.66. The van der Waals surface area contributed by atoms with Crippen LogP contribution in [0.15, 0.2) is 0 Å². The Kier molecular flexibility index (Phi) is 6.10. The van der Waals surface area contributed by atoms with E-state index in [0.717, 1.165) is 25.8 Å². The maximum absolute atomic E-state index is 9.51. The third-order valence-electron chi connectivity index (χ3n) is 2.56. The third kappa shape index (κ3) is 4.37. The Morgan fingerprint density at radius 1 is 1.29 bits per heavy atom. The summed E-state index contributed by atoms with van der Waals surface area (Å²) in [6, 6.07) is 0.279. The predicted octanol–water partition coefficient (Wildman–Crippen LogP) is 0.152. The maximum Gasteiger partial charge on any atom is 0.0700 e. The number of rotatable bonds is 7. The molecule has 1 aliphatic rings. The Labute approximate surface area is 85.6 Å². The second kappa shape index (κ2) is 7.17. The second-order valence-electron chi connectivity index (χ2n) is 3.66. The van der Waals surface area contributed by atoms with Gasteiger partial charge in [0.2, 0.25) is 0 Å². The molecule has 0 heterocycles. The molecule has 1 fully saturated rings. The number of ether oxygens (including phenoxy) is 2. The molecule has 4 nitrogen and oxygen atoms in total. The van der Waals surface area contributed by atoms with Crippen LogP contribution >= 0.6 is 0 Å². The molecule has 0 spiro atoms. The van der Waals surface area contributed by atoms with Crippen LogP contribution in [0.2, 0.25) is 0 Å². The smallest absolute Gasteiger partial charge is 0.0700 e. The molecule has 0 aromatic heterocycles. The fourth-order valence-electron chi connectivity index (χ4n) is 1.74. The first-order valence-corrected chi connectivity index (χ1v) is 5.32. The van der Waals surface area contributed by atoms with Gasteiger partial charge in [0.25, 0.3) is 0 Å². The van der Waals surface area contributed by atoms with E-state index in [1.54, 1.807) is 7.11 Å². The van der Waals surface area contributed by atoms with Crippen molar-refractivity contribution in [3.63, 3.8) is 0 Å². The molecule has 0 aliphatic heterocycles. The molecular weight excluding hydrogens is 182 g/mol. The maximum atomic E-state index is 9.51. The molecule has 0 aromatic rings. The molecule has 0 amide bonds. The van der Waals surface area contributed by atoms with Crippen molar-refractivity contribution in [1.29, 1.82) is 0 Å². The molecule has 14 heavy (non-hydrogen) atoms. The van der Waals surface area contributed by atoms with Crippen LogP contribution in [0.25, 0.3) is 0 Å². The number of aliphatic hydroxyl groups excluding tert-OH is 1. The van der Waals surface area contributed by atoms with Crippen LogP contribution in [0.3, 0.4) is 0 Å². The van der Waals surface area contributed by atoms with Crippen LogP contribution in [-0.4, -0.2) is 50.7 Å². The van der Waals surface area contributed by atoms with Crippen LogP contribution < -0.4 is 5.32 Å². The summed E-state index contributed by atoms with van der Waals surface area (Å²) in [4.78, 5) is 0. The number of aliphatic hydroxyl groups is 1. The topological polar surface area (TPSA) is 50.7 Å². The van der Waals surface area contributed by atoms with Gasteiger partial charge in [-0.15, -0.1) is 0 Å². The van der Waals surface area contributed by atoms with Crippen molar-refractivity contribution < 1.29 is 14.6 Å². The first kappa shape index (κ1) is 11.9. The summed E-state index contributed by atoms with van der Waals surface area (Å²) in [6.45, 7) is 2.79. The van der Waals surface area contributed by atoms with Gasteiger partial charge < -0.3 is 19.9 Å². The summed E-state index contributed by atoms with van der Waals surface area (Å²) in [5.74, 6) is 0. The van der Waals surface area contributed by atoms with Gasteiger partial charge in [0, 0.05) is 19.7 Å². The van der Waals surface area contributed by atoms with Gasteiger partial charge in [-0.25, -0.2) is 0 Å². The SMILES string of the molecule is COCCOCCNC1CCCC1O. The van der Waals surface area contributed by atoms with E-state index >= 15 is 0 Å². The van der Waals surface area contributed by atoms with E-state index in [2.05, 4.69) is 5.32 Å². The van der Waals surface area contributed by atoms with E-state index in [0.29, 0.717) is 19.8 Å². The van der Waals surface area contributed by atoms with Crippen LogP contribution in [0.1, 0.15) is 19.3 Å². The summed E-state index contributed by atoms with van der Waals surface area (Å²) in [7, 11) is 1.66. The molecule has 4 heteroatoms. The molecule has 0 bridgehead atoms. The molecule has 84 valence electrons. The van der Waals surface area contributed by atoms with Gasteiger partial charge in [-0.3, -0.25) is 0 Å². The summed E-state index contributed by atoms with van der Waals surface area (Å²) < 4.78 is 10.2. The van der Waals surface area contributed by atoms with Crippen molar-refractivity contribution in [2.75, 3.05) is 33.5 Å². The van der Waals surface area contributed by atoms with Gasteiger partial charge in [0.15, 0.2) is 0 Å². The van der Waals surface area contributed by atoms with E-state index in [-0.39, 0.29) is 12.1 Å². The van der Waals surface area contributed by atoms with Crippen molar-refractivity contribution >= 4 is 0 Å². The summed E-state index contributed by atoms with van der Waals surface area (Å²) in [5.41, 5.74) is 0. The molecule has 1 saturated carbocycles. The Morgan fingerprint density at radius 2 is 2.14 bits per heavy atom. The van der Waals surface area contributed by atoms with Crippen molar-refractivity contribution in [1.82, 2.24) is 5.32 Å². The van der Waals surface area contributed by atoms with Gasteiger partial charge >= 0.3 is 0 Å². The molecule has 2 unspecified atom stereocenters. The van der Waals surface area contributed by atoms with Crippen LogP contribution in [0.5, 0.6) is 0 Å². The normalized spacial score (nSPS) is 27.0. The van der Waals surface area contributed by atoms with Gasteiger partial charge in [-0.05, 0) is 19.3 Å². The molecule has 0 radical (unpaired) electrons. The minimum absolute atomic E-state index is 0.158. The number of methoxy groups -OCH3 is 1. The zero-order valence-electron chi connectivity index (χ0n) is 8.87. The Bertz CT molecular complexity index is 143. The van der Waals surface area contributed by atoms with Crippen LogP contribution in [-0.2, 0) is 9.47 Å². The fourth-order valence-corrected chi connectivity index (χ4v) is 1.74. The van der Waals surface area contributed by atoms with Gasteiger partial charge in [0.05, 0.1) is 25.9 Å². The minimum Gasteiger partial charge on any atom is -0.392 e. The molecule has 0 saturated heterocycles. The third-order valence-corrected chi connectivity index (χ3v) is 2.56. The Hall–Kier alpha value is -0.160. The Morgan fingerprint density at radius 3 is 2.79 bits per heavy atom. The summed E-state index contributed by atoms with van der Waals surface area (Å²) in [6.07, 6.45) is 2.99. The monoisotopic (exact) mass is 203 g/mol. The highest BCUT2D eigenvalue weighted by atomic mass is 16.5. The van der Waals surface area contributed by atoms with E-state index in [4.69, 9.17) is 9.47 Å². The van der Waals surface area contributed by atoms with Crippen molar-refractivity contribution in [3.05, 3.63) is 0 Å². The van der Waals surface area contributed by atoms with E-state index in [1.165, 1.54) is 0 Å². The molecule has 2 N–H and O–H groups in total. The first-order chi connectivity index (χ1) is 6.84. The number of nitrogens with one attached hydrogen (secondary N) is 1. The lowest BCUT2D eigenvalue weighted by Gasteiger charge is -2.16. The Balaban J connectivity index is 1.88. The fraction of sp³-hybridized carbons (Fsp3) is 1.00. The van der Waals surface area contributed by atoms with Gasteiger partial charge in [0.1, 0.15) is 0 Å². The van der Waals surface area contributed by atoms with E-state index in [1.807, 2.05) is 0 Å². The average molecular weight is 203 g/mol.